The Morgan fingerprint density at radius 2 is 1.92 bits per heavy atom. The van der Waals surface area contributed by atoms with Crippen LogP contribution >= 0.6 is 0 Å². The standard InChI is InChI=1S/C12H23N/c1-10(2)7-12-5-6-13(9-12)8-11-3-4-11/h10-12H,3-9H2,1-2H3. The highest BCUT2D eigenvalue weighted by atomic mass is 15.1. The minimum Gasteiger partial charge on any atom is -0.303 e. The molecule has 1 nitrogen and oxygen atoms in total. The van der Waals surface area contributed by atoms with E-state index in [1.807, 2.05) is 0 Å². The topological polar surface area (TPSA) is 3.24 Å². The molecule has 1 heterocycles. The van der Waals surface area contributed by atoms with E-state index in [0.29, 0.717) is 0 Å². The average molecular weight is 181 g/mol. The second kappa shape index (κ2) is 4.00. The first-order valence-corrected chi connectivity index (χ1v) is 5.96. The van der Waals surface area contributed by atoms with Gasteiger partial charge in [0.05, 0.1) is 0 Å². The highest BCUT2D eigenvalue weighted by Crippen LogP contribution is 2.32. The van der Waals surface area contributed by atoms with Gasteiger partial charge in [0.2, 0.25) is 0 Å². The first-order chi connectivity index (χ1) is 6.24. The van der Waals surface area contributed by atoms with Crippen molar-refractivity contribution >= 4 is 0 Å². The minimum absolute atomic E-state index is 0.894. The van der Waals surface area contributed by atoms with E-state index in [1.54, 1.807) is 0 Å². The normalized spacial score (nSPS) is 30.2. The summed E-state index contributed by atoms with van der Waals surface area (Å²) in [5.74, 6) is 2.99. The van der Waals surface area contributed by atoms with Gasteiger partial charge in [-0.25, -0.2) is 0 Å². The van der Waals surface area contributed by atoms with E-state index in [4.69, 9.17) is 0 Å². The van der Waals surface area contributed by atoms with Gasteiger partial charge in [-0.05, 0) is 50.0 Å². The lowest BCUT2D eigenvalue weighted by atomic mass is 9.97. The molecule has 2 fully saturated rings. The van der Waals surface area contributed by atoms with Crippen molar-refractivity contribution in [2.75, 3.05) is 19.6 Å². The summed E-state index contributed by atoms with van der Waals surface area (Å²) in [5.41, 5.74) is 0. The van der Waals surface area contributed by atoms with Gasteiger partial charge in [0.25, 0.3) is 0 Å². The van der Waals surface area contributed by atoms with Gasteiger partial charge in [-0.1, -0.05) is 13.8 Å². The van der Waals surface area contributed by atoms with Crippen molar-refractivity contribution in [1.29, 1.82) is 0 Å². The molecule has 1 atom stereocenters. The van der Waals surface area contributed by atoms with Gasteiger partial charge in [-0.15, -0.1) is 0 Å². The molecule has 1 heteroatoms. The Bertz CT molecular complexity index is 151. The molecule has 1 saturated heterocycles. The Balaban J connectivity index is 1.67. The Morgan fingerprint density at radius 1 is 1.15 bits per heavy atom. The van der Waals surface area contributed by atoms with Crippen LogP contribution in [0.1, 0.15) is 39.5 Å². The van der Waals surface area contributed by atoms with Crippen LogP contribution in [0.3, 0.4) is 0 Å². The van der Waals surface area contributed by atoms with Crippen LogP contribution in [-0.4, -0.2) is 24.5 Å². The fraction of sp³-hybridized carbons (Fsp3) is 1.00. The fourth-order valence-electron chi connectivity index (χ4n) is 2.60. The van der Waals surface area contributed by atoms with E-state index in [-0.39, 0.29) is 0 Å². The largest absolute Gasteiger partial charge is 0.303 e. The molecule has 76 valence electrons. The summed E-state index contributed by atoms with van der Waals surface area (Å²) in [6.07, 6.45) is 5.92. The second-order valence-electron chi connectivity index (χ2n) is 5.49. The van der Waals surface area contributed by atoms with Gasteiger partial charge in [-0.3, -0.25) is 0 Å². The molecule has 0 bridgehead atoms. The van der Waals surface area contributed by atoms with Gasteiger partial charge >= 0.3 is 0 Å². The second-order valence-corrected chi connectivity index (χ2v) is 5.49. The molecule has 2 aliphatic rings. The van der Waals surface area contributed by atoms with Crippen molar-refractivity contribution in [2.45, 2.75) is 39.5 Å². The summed E-state index contributed by atoms with van der Waals surface area (Å²) in [5, 5.41) is 0. The summed E-state index contributed by atoms with van der Waals surface area (Å²) >= 11 is 0. The number of hydrogen-bond donors (Lipinski definition) is 0. The predicted molar refractivity (Wildman–Crippen MR) is 56.7 cm³/mol. The van der Waals surface area contributed by atoms with Crippen LogP contribution in [0.2, 0.25) is 0 Å². The van der Waals surface area contributed by atoms with Crippen molar-refractivity contribution in [3.8, 4) is 0 Å². The summed E-state index contributed by atoms with van der Waals surface area (Å²) in [4.78, 5) is 2.70. The molecule has 2 rings (SSSR count). The number of likely N-dealkylation sites (tertiary alicyclic amines) is 1. The molecule has 13 heavy (non-hydrogen) atoms. The van der Waals surface area contributed by atoms with Gasteiger partial charge in [0.1, 0.15) is 0 Å². The minimum atomic E-state index is 0.894. The Morgan fingerprint density at radius 3 is 2.54 bits per heavy atom. The van der Waals surface area contributed by atoms with Crippen molar-refractivity contribution in [2.24, 2.45) is 17.8 Å². The predicted octanol–water partition coefficient (Wildman–Crippen LogP) is 2.76. The molecule has 1 aliphatic heterocycles. The molecule has 0 aromatic carbocycles. The highest BCUT2D eigenvalue weighted by molar-refractivity contribution is 4.82. The van der Waals surface area contributed by atoms with Crippen LogP contribution in [0.25, 0.3) is 0 Å². The quantitative estimate of drug-likeness (QED) is 0.644. The summed E-state index contributed by atoms with van der Waals surface area (Å²) < 4.78 is 0. The molecule has 0 radical (unpaired) electrons. The van der Waals surface area contributed by atoms with Crippen molar-refractivity contribution in [3.63, 3.8) is 0 Å². The third kappa shape index (κ3) is 2.98. The van der Waals surface area contributed by atoms with E-state index < -0.39 is 0 Å². The molecule has 0 aromatic rings. The van der Waals surface area contributed by atoms with Crippen LogP contribution in [0, 0.1) is 17.8 Å². The maximum Gasteiger partial charge on any atom is 0.00103 e. The first kappa shape index (κ1) is 9.51. The zero-order valence-corrected chi connectivity index (χ0v) is 9.13. The van der Waals surface area contributed by atoms with E-state index in [2.05, 4.69) is 18.7 Å². The SMILES string of the molecule is CC(C)CC1CCN(CC2CC2)C1. The van der Waals surface area contributed by atoms with E-state index >= 15 is 0 Å². The Hall–Kier alpha value is -0.0400. The molecule has 0 amide bonds. The molecule has 0 aromatic heterocycles. The monoisotopic (exact) mass is 181 g/mol. The number of nitrogens with zero attached hydrogens (tertiary/aromatic N) is 1. The van der Waals surface area contributed by atoms with Crippen LogP contribution in [0.4, 0.5) is 0 Å². The lowest BCUT2D eigenvalue weighted by Crippen LogP contribution is -2.23. The third-order valence-electron chi connectivity index (χ3n) is 3.39. The maximum absolute atomic E-state index is 2.70. The summed E-state index contributed by atoms with van der Waals surface area (Å²) in [7, 11) is 0. The van der Waals surface area contributed by atoms with Crippen LogP contribution < -0.4 is 0 Å². The van der Waals surface area contributed by atoms with Crippen molar-refractivity contribution in [3.05, 3.63) is 0 Å². The summed E-state index contributed by atoms with van der Waals surface area (Å²) in [6, 6.07) is 0. The van der Waals surface area contributed by atoms with Crippen molar-refractivity contribution < 1.29 is 0 Å². The molecule has 0 N–H and O–H groups in total. The first-order valence-electron chi connectivity index (χ1n) is 5.96. The zero-order chi connectivity index (χ0) is 9.26. The third-order valence-corrected chi connectivity index (χ3v) is 3.39. The van der Waals surface area contributed by atoms with E-state index in [0.717, 1.165) is 17.8 Å². The maximum atomic E-state index is 2.70. The lowest BCUT2D eigenvalue weighted by molar-refractivity contribution is 0.301. The zero-order valence-electron chi connectivity index (χ0n) is 9.13. The fourth-order valence-corrected chi connectivity index (χ4v) is 2.60. The van der Waals surface area contributed by atoms with Gasteiger partial charge in [0, 0.05) is 13.1 Å². The average Bonchev–Trinajstić information content (AvgIpc) is 2.73. The molecular formula is C12H23N. The molecular weight excluding hydrogens is 158 g/mol. The molecule has 1 unspecified atom stereocenters. The molecule has 0 spiro atoms. The highest BCUT2D eigenvalue weighted by Gasteiger charge is 2.29. The van der Waals surface area contributed by atoms with E-state index in [9.17, 15) is 0 Å². The van der Waals surface area contributed by atoms with Gasteiger partial charge in [0.15, 0.2) is 0 Å². The van der Waals surface area contributed by atoms with Crippen LogP contribution in [0.5, 0.6) is 0 Å². The lowest BCUT2D eigenvalue weighted by Gasteiger charge is -2.16. The van der Waals surface area contributed by atoms with Crippen LogP contribution in [-0.2, 0) is 0 Å². The van der Waals surface area contributed by atoms with Gasteiger partial charge in [-0.2, -0.15) is 0 Å². The Kier molecular flexibility index (Phi) is 2.92. The number of hydrogen-bond acceptors (Lipinski definition) is 1. The molecule has 1 aliphatic carbocycles. The smallest absolute Gasteiger partial charge is 0.00103 e. The summed E-state index contributed by atoms with van der Waals surface area (Å²) in [6.45, 7) is 8.89. The van der Waals surface area contributed by atoms with E-state index in [1.165, 1.54) is 45.3 Å². The molecule has 1 saturated carbocycles. The number of rotatable bonds is 4. The van der Waals surface area contributed by atoms with Crippen LogP contribution in [0.15, 0.2) is 0 Å². The van der Waals surface area contributed by atoms with Gasteiger partial charge < -0.3 is 4.90 Å². The Labute approximate surface area is 82.5 Å². The van der Waals surface area contributed by atoms with Crippen molar-refractivity contribution in [1.82, 2.24) is 4.90 Å².